The first-order chi connectivity index (χ1) is 16.2. The number of hydrogen-bond donors (Lipinski definition) is 1. The quantitative estimate of drug-likeness (QED) is 0.382. The van der Waals surface area contributed by atoms with E-state index in [1.165, 1.54) is 16.8 Å². The van der Waals surface area contributed by atoms with Crippen molar-refractivity contribution in [2.45, 2.75) is 19.3 Å². The molecule has 174 valence electrons. The van der Waals surface area contributed by atoms with Crippen molar-refractivity contribution >= 4 is 40.1 Å². The molecule has 0 fully saturated rings. The Hall–Kier alpha value is -3.92. The molecule has 11 heteroatoms. The van der Waals surface area contributed by atoms with Crippen LogP contribution in [-0.4, -0.2) is 26.6 Å². The van der Waals surface area contributed by atoms with E-state index in [0.717, 1.165) is 23.8 Å². The van der Waals surface area contributed by atoms with E-state index >= 15 is 0 Å². The summed E-state index contributed by atoms with van der Waals surface area (Å²) in [5.41, 5.74) is -0.130. The second-order valence-corrected chi connectivity index (χ2v) is 7.63. The molecule has 0 bridgehead atoms. The molecule has 0 saturated heterocycles. The third-order valence-corrected chi connectivity index (χ3v) is 5.01. The average Bonchev–Trinajstić information content (AvgIpc) is 3.18. The zero-order valence-corrected chi connectivity index (χ0v) is 18.1. The van der Waals surface area contributed by atoms with Gasteiger partial charge in [-0.05, 0) is 29.8 Å². The molecule has 4 aromatic rings. The summed E-state index contributed by atoms with van der Waals surface area (Å²) in [5, 5.41) is 7.39. The minimum Gasteiger partial charge on any atom is -0.459 e. The van der Waals surface area contributed by atoms with Gasteiger partial charge >= 0.3 is 12.1 Å². The lowest BCUT2D eigenvalue weighted by molar-refractivity contribution is -0.146. The van der Waals surface area contributed by atoms with Crippen LogP contribution in [0, 0.1) is 0 Å². The van der Waals surface area contributed by atoms with Crippen LogP contribution in [0.3, 0.4) is 0 Å². The number of ether oxygens (including phenoxy) is 1. The number of fused-ring (bicyclic) bond motifs is 1. The van der Waals surface area contributed by atoms with Crippen LogP contribution in [0.4, 0.5) is 18.9 Å². The van der Waals surface area contributed by atoms with Gasteiger partial charge < -0.3 is 10.1 Å². The standard InChI is InChI=1S/C23H16ClF3N4O3/c24-16-10-18-15(11-31(30-18)12-21(32)34-13-14-5-2-1-3-6-14)9-19(16)29-22(33)17-7-4-8-20(28-17)23(25,26)27/h1-11H,12-13H2,(H,29,33). The topological polar surface area (TPSA) is 86.1 Å². The van der Waals surface area contributed by atoms with Crippen LogP contribution in [0.1, 0.15) is 21.7 Å². The Morgan fingerprint density at radius 3 is 2.56 bits per heavy atom. The van der Waals surface area contributed by atoms with Gasteiger partial charge in [-0.15, -0.1) is 0 Å². The number of alkyl halides is 3. The summed E-state index contributed by atoms with van der Waals surface area (Å²) in [7, 11) is 0. The summed E-state index contributed by atoms with van der Waals surface area (Å²) >= 11 is 6.22. The third kappa shape index (κ3) is 5.52. The summed E-state index contributed by atoms with van der Waals surface area (Å²) in [6, 6.07) is 15.2. The number of hydrogen-bond acceptors (Lipinski definition) is 5. The van der Waals surface area contributed by atoms with Gasteiger partial charge in [-0.25, -0.2) is 4.98 Å². The lowest BCUT2D eigenvalue weighted by Crippen LogP contribution is -2.17. The Balaban J connectivity index is 1.46. The lowest BCUT2D eigenvalue weighted by atomic mass is 10.2. The van der Waals surface area contributed by atoms with Gasteiger partial charge in [0, 0.05) is 11.6 Å². The summed E-state index contributed by atoms with van der Waals surface area (Å²) in [5.74, 6) is -1.35. The molecule has 0 aliphatic carbocycles. The Labute approximate surface area is 196 Å². The zero-order valence-electron chi connectivity index (χ0n) is 17.3. The molecule has 0 aliphatic heterocycles. The van der Waals surface area contributed by atoms with E-state index in [-0.39, 0.29) is 23.9 Å². The number of amides is 1. The molecule has 0 atom stereocenters. The number of carbonyl (C=O) groups is 2. The summed E-state index contributed by atoms with van der Waals surface area (Å²) in [6.45, 7) is -0.0129. The van der Waals surface area contributed by atoms with Crippen LogP contribution >= 0.6 is 11.6 Å². The number of benzene rings is 2. The van der Waals surface area contributed by atoms with Gasteiger partial charge in [0.2, 0.25) is 0 Å². The number of anilines is 1. The molecule has 0 unspecified atom stereocenters. The maximum absolute atomic E-state index is 12.9. The molecule has 0 radical (unpaired) electrons. The Kier molecular flexibility index (Phi) is 6.51. The summed E-state index contributed by atoms with van der Waals surface area (Å²) in [6.07, 6.45) is -3.11. The van der Waals surface area contributed by atoms with Crippen molar-refractivity contribution < 1.29 is 27.5 Å². The van der Waals surface area contributed by atoms with E-state index in [0.29, 0.717) is 10.9 Å². The minimum atomic E-state index is -4.68. The van der Waals surface area contributed by atoms with E-state index in [9.17, 15) is 22.8 Å². The van der Waals surface area contributed by atoms with E-state index in [1.807, 2.05) is 30.3 Å². The van der Waals surface area contributed by atoms with E-state index in [1.54, 1.807) is 6.20 Å². The van der Waals surface area contributed by atoms with Gasteiger partial charge in [0.1, 0.15) is 24.5 Å². The van der Waals surface area contributed by atoms with E-state index in [2.05, 4.69) is 15.4 Å². The van der Waals surface area contributed by atoms with Crippen molar-refractivity contribution in [2.75, 3.05) is 5.32 Å². The number of nitrogens with one attached hydrogen (secondary N) is 1. The minimum absolute atomic E-state index is 0.115. The van der Waals surface area contributed by atoms with Crippen molar-refractivity contribution in [3.63, 3.8) is 0 Å². The van der Waals surface area contributed by atoms with Crippen LogP contribution in [0.5, 0.6) is 0 Å². The van der Waals surface area contributed by atoms with Crippen LogP contribution in [0.2, 0.25) is 5.02 Å². The van der Waals surface area contributed by atoms with Gasteiger partial charge in [-0.3, -0.25) is 14.3 Å². The van der Waals surface area contributed by atoms with Gasteiger partial charge in [0.05, 0.1) is 16.2 Å². The fourth-order valence-electron chi connectivity index (χ4n) is 3.10. The van der Waals surface area contributed by atoms with Crippen LogP contribution in [0.25, 0.3) is 10.9 Å². The maximum atomic E-state index is 12.9. The second kappa shape index (κ2) is 9.52. The van der Waals surface area contributed by atoms with Crippen LogP contribution < -0.4 is 5.32 Å². The molecule has 1 N–H and O–H groups in total. The Morgan fingerprint density at radius 2 is 1.82 bits per heavy atom. The summed E-state index contributed by atoms with van der Waals surface area (Å²) < 4.78 is 45.2. The van der Waals surface area contributed by atoms with Gasteiger partial charge in [-0.2, -0.15) is 18.3 Å². The Morgan fingerprint density at radius 1 is 1.06 bits per heavy atom. The smallest absolute Gasteiger partial charge is 0.433 e. The average molecular weight is 489 g/mol. The van der Waals surface area contributed by atoms with E-state index in [4.69, 9.17) is 16.3 Å². The highest BCUT2D eigenvalue weighted by Crippen LogP contribution is 2.29. The SMILES string of the molecule is O=C(Cn1cc2cc(NC(=O)c3cccc(C(F)(F)F)n3)c(Cl)cc2n1)OCc1ccccc1. The zero-order chi connectivity index (χ0) is 24.3. The van der Waals surface area contributed by atoms with Crippen molar-refractivity contribution in [1.29, 1.82) is 0 Å². The third-order valence-electron chi connectivity index (χ3n) is 4.69. The normalized spacial score (nSPS) is 11.4. The first kappa shape index (κ1) is 23.2. The maximum Gasteiger partial charge on any atom is 0.433 e. The van der Waals surface area contributed by atoms with E-state index < -0.39 is 29.4 Å². The number of carbonyl (C=O) groups excluding carboxylic acids is 2. The van der Waals surface area contributed by atoms with Gasteiger partial charge in [0.15, 0.2) is 0 Å². The molecule has 2 heterocycles. The summed E-state index contributed by atoms with van der Waals surface area (Å²) in [4.78, 5) is 27.9. The van der Waals surface area contributed by atoms with Crippen molar-refractivity contribution in [2.24, 2.45) is 0 Å². The van der Waals surface area contributed by atoms with Crippen molar-refractivity contribution in [3.8, 4) is 0 Å². The van der Waals surface area contributed by atoms with Gasteiger partial charge in [0.25, 0.3) is 5.91 Å². The number of pyridine rings is 1. The number of aromatic nitrogens is 3. The highest BCUT2D eigenvalue weighted by Gasteiger charge is 2.33. The van der Waals surface area contributed by atoms with Crippen LogP contribution in [0.15, 0.2) is 66.9 Å². The Bertz CT molecular complexity index is 1360. The second-order valence-electron chi connectivity index (χ2n) is 7.22. The lowest BCUT2D eigenvalue weighted by Gasteiger charge is -2.09. The number of nitrogens with zero attached hydrogens (tertiary/aromatic N) is 3. The molecule has 2 aromatic heterocycles. The molecule has 7 nitrogen and oxygen atoms in total. The number of halogens is 4. The predicted octanol–water partition coefficient (Wildman–Crippen LogP) is 5.10. The monoisotopic (exact) mass is 488 g/mol. The molecule has 34 heavy (non-hydrogen) atoms. The first-order valence-corrected chi connectivity index (χ1v) is 10.3. The van der Waals surface area contributed by atoms with Crippen molar-refractivity contribution in [3.05, 3.63) is 88.8 Å². The highest BCUT2D eigenvalue weighted by atomic mass is 35.5. The molecular formula is C23H16ClF3N4O3. The predicted molar refractivity (Wildman–Crippen MR) is 118 cm³/mol. The molecule has 4 rings (SSSR count). The molecular weight excluding hydrogens is 473 g/mol. The molecule has 0 spiro atoms. The number of esters is 1. The first-order valence-electron chi connectivity index (χ1n) is 9.91. The van der Waals surface area contributed by atoms with Crippen LogP contribution in [-0.2, 0) is 28.9 Å². The molecule has 0 aliphatic rings. The number of rotatable bonds is 6. The highest BCUT2D eigenvalue weighted by molar-refractivity contribution is 6.34. The molecule has 2 aromatic carbocycles. The fourth-order valence-corrected chi connectivity index (χ4v) is 3.30. The molecule has 1 amide bonds. The molecule has 0 saturated carbocycles. The van der Waals surface area contributed by atoms with Gasteiger partial charge in [-0.1, -0.05) is 48.0 Å². The fraction of sp³-hybridized carbons (Fsp3) is 0.130. The van der Waals surface area contributed by atoms with Crippen molar-refractivity contribution in [1.82, 2.24) is 14.8 Å². The largest absolute Gasteiger partial charge is 0.459 e.